The molecule has 2 aliphatic rings. The van der Waals surface area contributed by atoms with Gasteiger partial charge in [0.25, 0.3) is 5.82 Å². The number of hydrogen-bond acceptors (Lipinski definition) is 5. The lowest BCUT2D eigenvalue weighted by Crippen LogP contribution is -2.48. The van der Waals surface area contributed by atoms with Gasteiger partial charge in [-0.25, -0.2) is 13.9 Å². The summed E-state index contributed by atoms with van der Waals surface area (Å²) in [6.07, 6.45) is -14.3. The molecule has 2 fully saturated rings. The van der Waals surface area contributed by atoms with Gasteiger partial charge in [0.2, 0.25) is 5.91 Å². The number of benzene rings is 2. The van der Waals surface area contributed by atoms with Crippen molar-refractivity contribution >= 4 is 17.6 Å². The number of aromatic nitrogens is 4. The minimum Gasteiger partial charge on any atom is -0.340 e. The van der Waals surface area contributed by atoms with Crippen LogP contribution in [0.25, 0.3) is 0 Å². The third kappa shape index (κ3) is 7.59. The molecule has 3 amide bonds. The van der Waals surface area contributed by atoms with Crippen molar-refractivity contribution in [3.05, 3.63) is 70.8 Å². The van der Waals surface area contributed by atoms with Gasteiger partial charge < -0.3 is 9.80 Å². The Bertz CT molecular complexity index is 1630. The second kappa shape index (κ2) is 13.1. The van der Waals surface area contributed by atoms with E-state index in [-0.39, 0.29) is 50.7 Å². The van der Waals surface area contributed by atoms with Gasteiger partial charge in [-0.3, -0.25) is 9.69 Å². The number of alkyl halides is 9. The Morgan fingerprint density at radius 3 is 1.90 bits per heavy atom. The summed E-state index contributed by atoms with van der Waals surface area (Å²) < 4.78 is 135. The van der Waals surface area contributed by atoms with Crippen molar-refractivity contribution in [3.63, 3.8) is 0 Å². The molecule has 49 heavy (non-hydrogen) atoms. The van der Waals surface area contributed by atoms with Crippen molar-refractivity contribution in [1.82, 2.24) is 30.0 Å². The Labute approximate surface area is 272 Å². The van der Waals surface area contributed by atoms with Crippen molar-refractivity contribution in [2.24, 2.45) is 5.92 Å². The van der Waals surface area contributed by atoms with E-state index in [9.17, 15) is 53.5 Å². The number of rotatable bonds is 5. The highest BCUT2D eigenvalue weighted by atomic mass is 19.4. The molecule has 1 saturated carbocycles. The maximum Gasteiger partial charge on any atom is 0.453 e. The van der Waals surface area contributed by atoms with Crippen molar-refractivity contribution in [3.8, 4) is 0 Å². The van der Waals surface area contributed by atoms with E-state index in [1.54, 1.807) is 0 Å². The molecular weight excluding hydrogens is 680 g/mol. The van der Waals surface area contributed by atoms with Crippen LogP contribution in [0.4, 0.5) is 54.4 Å². The largest absolute Gasteiger partial charge is 0.453 e. The normalized spacial score (nSPS) is 21.9. The third-order valence-corrected chi connectivity index (χ3v) is 9.08. The van der Waals surface area contributed by atoms with Gasteiger partial charge in [0.15, 0.2) is 0 Å². The van der Waals surface area contributed by atoms with E-state index in [0.717, 1.165) is 11.9 Å². The number of amides is 3. The molecule has 0 spiro atoms. The number of carbonyl (C=O) groups excluding carboxylic acids is 2. The lowest BCUT2D eigenvalue weighted by atomic mass is 9.85. The molecule has 5 rings (SSSR count). The van der Waals surface area contributed by atoms with Gasteiger partial charge in [-0.2, -0.15) is 39.5 Å². The van der Waals surface area contributed by atoms with Crippen LogP contribution in [0.2, 0.25) is 0 Å². The Balaban J connectivity index is 1.36. The molecule has 1 aromatic heterocycles. The monoisotopic (exact) mass is 709 g/mol. The van der Waals surface area contributed by atoms with E-state index in [1.165, 1.54) is 36.2 Å². The Morgan fingerprint density at radius 2 is 1.37 bits per heavy atom. The maximum atomic E-state index is 13.8. The van der Waals surface area contributed by atoms with Gasteiger partial charge in [-0.1, -0.05) is 12.1 Å². The first-order valence-electron chi connectivity index (χ1n) is 14.9. The summed E-state index contributed by atoms with van der Waals surface area (Å²) in [6.45, 7) is -0.0537. The molecule has 1 aliphatic carbocycles. The first-order chi connectivity index (χ1) is 22.8. The van der Waals surface area contributed by atoms with Crippen LogP contribution in [0.15, 0.2) is 42.5 Å². The molecule has 0 bridgehead atoms. The summed E-state index contributed by atoms with van der Waals surface area (Å²) in [5, 5.41) is 9.68. The van der Waals surface area contributed by atoms with E-state index in [2.05, 4.69) is 15.5 Å². The highest BCUT2D eigenvalue weighted by molar-refractivity contribution is 5.92. The fourth-order valence-corrected chi connectivity index (χ4v) is 6.47. The Morgan fingerprint density at radius 1 is 0.796 bits per heavy atom. The fraction of sp³-hybridized carbons (Fsp3) is 0.500. The highest BCUT2D eigenvalue weighted by Crippen LogP contribution is 2.41. The van der Waals surface area contributed by atoms with Crippen LogP contribution in [0.1, 0.15) is 60.2 Å². The van der Waals surface area contributed by atoms with Gasteiger partial charge in [0.05, 0.1) is 23.2 Å². The molecule has 0 N–H and O–H groups in total. The fourth-order valence-electron chi connectivity index (χ4n) is 6.47. The van der Waals surface area contributed by atoms with Crippen molar-refractivity contribution in [2.45, 2.75) is 62.2 Å². The standard InChI is InChI=1S/C30H29F10N7O2/c1-44(22-12-18(28(32,33)34)11-19(13-22)29(35,36)37)27(49)45(2)24-15-46(14-23(24)16-3-7-20(31)8-4-16)25(48)17-5-9-21(10-6-17)47-26(30(38,39)40)41-42-43-47/h3-4,7-8,11-13,17,21,23-24H,5-6,9-10,14-15H2,1-2H3/t17-,21-,23-,24+/m0/s1. The van der Waals surface area contributed by atoms with Crippen LogP contribution >= 0.6 is 0 Å². The van der Waals surface area contributed by atoms with Crippen LogP contribution in [0, 0.1) is 11.7 Å². The predicted octanol–water partition coefficient (Wildman–Crippen LogP) is 6.78. The molecule has 1 saturated heterocycles. The Kier molecular flexibility index (Phi) is 9.59. The number of urea groups is 1. The Hall–Kier alpha value is -4.45. The number of carbonyl (C=O) groups is 2. The summed E-state index contributed by atoms with van der Waals surface area (Å²) in [5.41, 5.74) is -3.36. The summed E-state index contributed by atoms with van der Waals surface area (Å²) in [7, 11) is 2.31. The number of likely N-dealkylation sites (tertiary alicyclic amines) is 1. The summed E-state index contributed by atoms with van der Waals surface area (Å²) in [6, 6.07) is 3.51. The minimum absolute atomic E-state index is 0.0311. The van der Waals surface area contributed by atoms with Gasteiger partial charge in [-0.15, -0.1) is 5.10 Å². The zero-order chi connectivity index (χ0) is 36.1. The van der Waals surface area contributed by atoms with E-state index >= 15 is 0 Å². The molecule has 266 valence electrons. The molecule has 0 unspecified atom stereocenters. The lowest BCUT2D eigenvalue weighted by molar-refractivity contribution is -0.149. The first kappa shape index (κ1) is 35.8. The highest BCUT2D eigenvalue weighted by Gasteiger charge is 2.45. The maximum absolute atomic E-state index is 13.8. The van der Waals surface area contributed by atoms with E-state index in [4.69, 9.17) is 0 Å². The van der Waals surface area contributed by atoms with Crippen LogP contribution in [-0.2, 0) is 23.3 Å². The summed E-state index contributed by atoms with van der Waals surface area (Å²) in [5.74, 6) is -3.38. The molecule has 2 heterocycles. The van der Waals surface area contributed by atoms with E-state index in [1.807, 2.05) is 0 Å². The number of halogens is 10. The van der Waals surface area contributed by atoms with Crippen LogP contribution in [-0.4, -0.2) is 75.2 Å². The van der Waals surface area contributed by atoms with Crippen LogP contribution in [0.5, 0.6) is 0 Å². The van der Waals surface area contributed by atoms with Gasteiger partial charge in [-0.05, 0) is 72.0 Å². The minimum atomic E-state index is -5.14. The zero-order valence-corrected chi connectivity index (χ0v) is 25.8. The second-order valence-electron chi connectivity index (χ2n) is 12.1. The average Bonchev–Trinajstić information content (AvgIpc) is 3.72. The summed E-state index contributed by atoms with van der Waals surface area (Å²) >= 11 is 0. The topological polar surface area (TPSA) is 87.5 Å². The number of hydrogen-bond donors (Lipinski definition) is 0. The van der Waals surface area contributed by atoms with Crippen molar-refractivity contribution in [2.75, 3.05) is 32.1 Å². The number of nitrogens with zero attached hydrogens (tertiary/aromatic N) is 7. The van der Waals surface area contributed by atoms with E-state index < -0.39 is 76.9 Å². The van der Waals surface area contributed by atoms with Crippen LogP contribution in [0.3, 0.4) is 0 Å². The second-order valence-corrected chi connectivity index (χ2v) is 12.1. The van der Waals surface area contributed by atoms with Gasteiger partial charge in [0, 0.05) is 44.7 Å². The molecular formula is C30H29F10N7O2. The van der Waals surface area contributed by atoms with E-state index in [0.29, 0.717) is 27.3 Å². The summed E-state index contributed by atoms with van der Waals surface area (Å²) in [4.78, 5) is 30.6. The number of likely N-dealkylation sites (N-methyl/N-ethyl adjacent to an activating group) is 1. The lowest BCUT2D eigenvalue weighted by Gasteiger charge is -2.33. The third-order valence-electron chi connectivity index (χ3n) is 9.08. The number of anilines is 1. The van der Waals surface area contributed by atoms with Gasteiger partial charge in [0.1, 0.15) is 5.82 Å². The molecule has 2 atom stereocenters. The smallest absolute Gasteiger partial charge is 0.340 e. The SMILES string of the molecule is CN(C(=O)N(C)[C@@H]1CN(C(=O)[C@H]2CC[C@H](n3nnnc3C(F)(F)F)CC2)C[C@H]1c1ccc(F)cc1)c1cc(C(F)(F)F)cc(C(F)(F)F)c1. The molecule has 9 nitrogen and oxygen atoms in total. The first-order valence-corrected chi connectivity index (χ1v) is 14.9. The zero-order valence-electron chi connectivity index (χ0n) is 25.8. The number of tetrazole rings is 1. The predicted molar refractivity (Wildman–Crippen MR) is 151 cm³/mol. The molecule has 3 aromatic rings. The quantitative estimate of drug-likeness (QED) is 0.273. The van der Waals surface area contributed by atoms with Crippen molar-refractivity contribution in [1.29, 1.82) is 0 Å². The van der Waals surface area contributed by atoms with Crippen molar-refractivity contribution < 1.29 is 53.5 Å². The molecule has 1 aliphatic heterocycles. The average molecular weight is 710 g/mol. The molecule has 19 heteroatoms. The molecule has 2 aromatic carbocycles. The van der Waals surface area contributed by atoms with Crippen LogP contribution < -0.4 is 4.90 Å². The van der Waals surface area contributed by atoms with Gasteiger partial charge >= 0.3 is 24.6 Å². The molecule has 0 radical (unpaired) electrons.